The van der Waals surface area contributed by atoms with Crippen LogP contribution in [0.2, 0.25) is 0 Å². The lowest BCUT2D eigenvalue weighted by Gasteiger charge is -2.38. The summed E-state index contributed by atoms with van der Waals surface area (Å²) < 4.78 is 1.86. The molecule has 2 N–H and O–H groups in total. The zero-order valence-corrected chi connectivity index (χ0v) is 12.1. The van der Waals surface area contributed by atoms with Gasteiger partial charge in [-0.15, -0.1) is 0 Å². The molecule has 0 aromatic carbocycles. The van der Waals surface area contributed by atoms with Crippen LogP contribution in [-0.2, 0) is 11.3 Å². The summed E-state index contributed by atoms with van der Waals surface area (Å²) in [6, 6.07) is 3.29. The Hall–Kier alpha value is -1.78. The molecule has 20 heavy (non-hydrogen) atoms. The molecule has 1 saturated carbocycles. The van der Waals surface area contributed by atoms with Gasteiger partial charge in [-0.25, -0.2) is 0 Å². The Labute approximate surface area is 119 Å². The van der Waals surface area contributed by atoms with Crippen molar-refractivity contribution in [2.75, 3.05) is 0 Å². The quantitative estimate of drug-likeness (QED) is 0.887. The maximum Gasteiger partial charge on any atom is 0.311 e. The first-order valence-corrected chi connectivity index (χ1v) is 7.18. The van der Waals surface area contributed by atoms with Crippen LogP contribution >= 0.6 is 0 Å². The fourth-order valence-corrected chi connectivity index (χ4v) is 2.95. The minimum Gasteiger partial charge on any atom is -0.481 e. The Morgan fingerprint density at radius 1 is 1.50 bits per heavy atom. The summed E-state index contributed by atoms with van der Waals surface area (Å²) in [5.41, 5.74) is -0.275. The normalized spacial score (nSPS) is 26.2. The molecule has 2 rings (SSSR count). The van der Waals surface area contributed by atoms with Crippen molar-refractivity contribution in [3.8, 4) is 0 Å². The second-order valence-corrected chi connectivity index (χ2v) is 5.67. The fourth-order valence-electron chi connectivity index (χ4n) is 2.95. The second-order valence-electron chi connectivity index (χ2n) is 5.67. The first kappa shape index (κ1) is 14.6. The standard InChI is InChI=1S/C15H22N2O3/c1-3-17-10-6-7-11(17)13(18)16-12-8-4-5-9-15(12,2)14(19)20/h6-7,10,12H,3-5,8-9H2,1-2H3,(H,16,18)(H,19,20). The number of carbonyl (C=O) groups excluding carboxylic acids is 1. The number of carboxylic acid groups (broad SMARTS) is 1. The van der Waals surface area contributed by atoms with E-state index in [4.69, 9.17) is 0 Å². The Morgan fingerprint density at radius 2 is 2.25 bits per heavy atom. The van der Waals surface area contributed by atoms with Gasteiger partial charge in [0.05, 0.1) is 5.41 Å². The first-order valence-electron chi connectivity index (χ1n) is 7.18. The first-order chi connectivity index (χ1) is 9.49. The van der Waals surface area contributed by atoms with Crippen LogP contribution in [0.15, 0.2) is 18.3 Å². The summed E-state index contributed by atoms with van der Waals surface area (Å²) in [6.45, 7) is 4.42. The van der Waals surface area contributed by atoms with Gasteiger partial charge in [0.1, 0.15) is 5.69 Å². The molecule has 5 nitrogen and oxygen atoms in total. The van der Waals surface area contributed by atoms with Crippen molar-refractivity contribution in [1.82, 2.24) is 9.88 Å². The number of nitrogens with one attached hydrogen (secondary N) is 1. The van der Waals surface area contributed by atoms with Gasteiger partial charge in [-0.05, 0) is 38.8 Å². The molecule has 1 aromatic heterocycles. The fraction of sp³-hybridized carbons (Fsp3) is 0.600. The average Bonchev–Trinajstić information content (AvgIpc) is 2.89. The highest BCUT2D eigenvalue weighted by molar-refractivity contribution is 5.93. The van der Waals surface area contributed by atoms with Gasteiger partial charge in [-0.2, -0.15) is 0 Å². The Bertz CT molecular complexity index is 509. The SMILES string of the molecule is CCn1cccc1C(=O)NC1CCCCC1(C)C(=O)O. The van der Waals surface area contributed by atoms with Gasteiger partial charge in [0.15, 0.2) is 0 Å². The van der Waals surface area contributed by atoms with Gasteiger partial charge in [0.2, 0.25) is 0 Å². The lowest BCUT2D eigenvalue weighted by atomic mass is 9.71. The van der Waals surface area contributed by atoms with E-state index in [-0.39, 0.29) is 11.9 Å². The van der Waals surface area contributed by atoms with Crippen LogP contribution in [0.3, 0.4) is 0 Å². The number of aliphatic carboxylic acids is 1. The van der Waals surface area contributed by atoms with Crippen molar-refractivity contribution in [2.45, 2.75) is 52.1 Å². The second kappa shape index (κ2) is 5.69. The maximum absolute atomic E-state index is 12.3. The van der Waals surface area contributed by atoms with Crippen LogP contribution in [0.25, 0.3) is 0 Å². The molecule has 1 aliphatic carbocycles. The average molecular weight is 278 g/mol. The number of carboxylic acids is 1. The van der Waals surface area contributed by atoms with Crippen molar-refractivity contribution < 1.29 is 14.7 Å². The van der Waals surface area contributed by atoms with E-state index in [2.05, 4.69) is 5.32 Å². The predicted molar refractivity (Wildman–Crippen MR) is 75.6 cm³/mol. The van der Waals surface area contributed by atoms with E-state index in [0.29, 0.717) is 12.1 Å². The zero-order chi connectivity index (χ0) is 14.8. The van der Waals surface area contributed by atoms with Crippen LogP contribution in [-0.4, -0.2) is 27.6 Å². The zero-order valence-electron chi connectivity index (χ0n) is 12.1. The molecule has 0 spiro atoms. The molecule has 1 aliphatic rings. The number of hydrogen-bond acceptors (Lipinski definition) is 2. The molecule has 0 aliphatic heterocycles. The van der Waals surface area contributed by atoms with Crippen molar-refractivity contribution in [2.24, 2.45) is 5.41 Å². The topological polar surface area (TPSA) is 71.3 Å². The largest absolute Gasteiger partial charge is 0.481 e. The van der Waals surface area contributed by atoms with E-state index in [1.165, 1.54) is 0 Å². The summed E-state index contributed by atoms with van der Waals surface area (Å²) in [5, 5.41) is 12.4. The molecule has 0 bridgehead atoms. The highest BCUT2D eigenvalue weighted by Crippen LogP contribution is 2.36. The predicted octanol–water partition coefficient (Wildman–Crippen LogP) is 2.27. The van der Waals surface area contributed by atoms with Gasteiger partial charge < -0.3 is 15.0 Å². The molecule has 5 heteroatoms. The minimum absolute atomic E-state index is 0.184. The van der Waals surface area contributed by atoms with Gasteiger partial charge in [0.25, 0.3) is 5.91 Å². The van der Waals surface area contributed by atoms with Crippen LogP contribution in [0.1, 0.15) is 50.0 Å². The summed E-state index contributed by atoms with van der Waals surface area (Å²) in [6.07, 6.45) is 5.05. The third kappa shape index (κ3) is 2.57. The van der Waals surface area contributed by atoms with Crippen LogP contribution in [0.5, 0.6) is 0 Å². The van der Waals surface area contributed by atoms with E-state index >= 15 is 0 Å². The summed E-state index contributed by atoms with van der Waals surface area (Å²) in [5.74, 6) is -1.01. The third-order valence-corrected chi connectivity index (χ3v) is 4.40. The number of nitrogens with zero attached hydrogens (tertiary/aromatic N) is 1. The lowest BCUT2D eigenvalue weighted by molar-refractivity contribution is -0.151. The summed E-state index contributed by atoms with van der Waals surface area (Å²) in [7, 11) is 0. The van der Waals surface area contributed by atoms with Crippen molar-refractivity contribution in [3.63, 3.8) is 0 Å². The molecular weight excluding hydrogens is 256 g/mol. The molecule has 0 saturated heterocycles. The van der Waals surface area contributed by atoms with Crippen LogP contribution in [0.4, 0.5) is 0 Å². The minimum atomic E-state index is -0.864. The van der Waals surface area contributed by atoms with Crippen LogP contribution < -0.4 is 5.32 Å². The molecule has 1 aromatic rings. The molecule has 0 radical (unpaired) electrons. The number of amides is 1. The highest BCUT2D eigenvalue weighted by atomic mass is 16.4. The number of rotatable bonds is 4. The van der Waals surface area contributed by atoms with E-state index in [9.17, 15) is 14.7 Å². The smallest absolute Gasteiger partial charge is 0.311 e. The highest BCUT2D eigenvalue weighted by Gasteiger charge is 2.44. The Kier molecular flexibility index (Phi) is 4.16. The van der Waals surface area contributed by atoms with Gasteiger partial charge in [-0.1, -0.05) is 12.8 Å². The van der Waals surface area contributed by atoms with E-state index in [0.717, 1.165) is 25.8 Å². The van der Waals surface area contributed by atoms with E-state index < -0.39 is 11.4 Å². The Morgan fingerprint density at radius 3 is 2.90 bits per heavy atom. The number of carbonyl (C=O) groups is 2. The van der Waals surface area contributed by atoms with E-state index in [1.807, 2.05) is 23.8 Å². The lowest BCUT2D eigenvalue weighted by Crippen LogP contribution is -2.52. The van der Waals surface area contributed by atoms with Gasteiger partial charge >= 0.3 is 5.97 Å². The third-order valence-electron chi connectivity index (χ3n) is 4.40. The van der Waals surface area contributed by atoms with Crippen molar-refractivity contribution in [3.05, 3.63) is 24.0 Å². The van der Waals surface area contributed by atoms with Crippen molar-refractivity contribution in [1.29, 1.82) is 0 Å². The monoisotopic (exact) mass is 278 g/mol. The van der Waals surface area contributed by atoms with Gasteiger partial charge in [-0.3, -0.25) is 9.59 Å². The molecule has 110 valence electrons. The molecule has 2 atom stereocenters. The molecular formula is C15H22N2O3. The van der Waals surface area contributed by atoms with Crippen molar-refractivity contribution >= 4 is 11.9 Å². The number of aryl methyl sites for hydroxylation is 1. The van der Waals surface area contributed by atoms with Crippen LogP contribution in [0, 0.1) is 5.41 Å². The Balaban J connectivity index is 2.15. The van der Waals surface area contributed by atoms with Gasteiger partial charge in [0, 0.05) is 18.8 Å². The summed E-state index contributed by atoms with van der Waals surface area (Å²) >= 11 is 0. The molecule has 1 fully saturated rings. The maximum atomic E-state index is 12.3. The number of hydrogen-bond donors (Lipinski definition) is 2. The number of aromatic nitrogens is 1. The molecule has 1 amide bonds. The van der Waals surface area contributed by atoms with E-state index in [1.54, 1.807) is 13.0 Å². The molecule has 1 heterocycles. The summed E-state index contributed by atoms with van der Waals surface area (Å²) in [4.78, 5) is 23.9. The molecule has 2 unspecified atom stereocenters.